The number of carbonyl (C=O) groups excluding carboxylic acids is 3. The molecule has 0 unspecified atom stereocenters. The zero-order chi connectivity index (χ0) is 18.9. The average molecular weight is 368 g/mol. The topological polar surface area (TPSA) is 105 Å². The molecule has 0 radical (unpaired) electrons. The molecule has 11 heteroatoms. The molecule has 2 aromatic rings. The summed E-state index contributed by atoms with van der Waals surface area (Å²) in [5.41, 5.74) is -3.73. The minimum Gasteiger partial charge on any atom is -0.467 e. The lowest BCUT2D eigenvalue weighted by Gasteiger charge is -2.29. The number of carbonyl (C=O) groups is 3. The SMILES string of the molecule is O=C(N[C@]1(C(F)(F)F)NC(=O)N(Cc2ccco2)C1=O)c1ccncc1. The molecule has 1 fully saturated rings. The first-order valence-corrected chi connectivity index (χ1v) is 7.20. The molecule has 1 atom stereocenters. The van der Waals surface area contributed by atoms with Crippen LogP contribution in [0.5, 0.6) is 0 Å². The zero-order valence-electron chi connectivity index (χ0n) is 12.9. The van der Waals surface area contributed by atoms with Crippen molar-refractivity contribution >= 4 is 17.8 Å². The van der Waals surface area contributed by atoms with Crippen molar-refractivity contribution in [3.8, 4) is 0 Å². The van der Waals surface area contributed by atoms with E-state index in [1.807, 2.05) is 0 Å². The van der Waals surface area contributed by atoms with E-state index in [4.69, 9.17) is 4.42 Å². The number of halogens is 3. The Kier molecular flexibility index (Phi) is 4.14. The van der Waals surface area contributed by atoms with Crippen LogP contribution in [0.1, 0.15) is 16.1 Å². The summed E-state index contributed by atoms with van der Waals surface area (Å²) >= 11 is 0. The summed E-state index contributed by atoms with van der Waals surface area (Å²) in [6.45, 7) is -0.513. The third kappa shape index (κ3) is 2.87. The molecule has 8 nitrogen and oxygen atoms in total. The van der Waals surface area contributed by atoms with E-state index < -0.39 is 36.2 Å². The fraction of sp³-hybridized carbons (Fsp3) is 0.200. The summed E-state index contributed by atoms with van der Waals surface area (Å²) in [5.74, 6) is -2.75. The number of rotatable bonds is 4. The second-order valence-electron chi connectivity index (χ2n) is 5.34. The fourth-order valence-corrected chi connectivity index (χ4v) is 2.37. The van der Waals surface area contributed by atoms with Crippen LogP contribution in [-0.4, -0.2) is 39.6 Å². The first-order chi connectivity index (χ1) is 12.2. The second-order valence-corrected chi connectivity index (χ2v) is 5.34. The van der Waals surface area contributed by atoms with Gasteiger partial charge in [0.1, 0.15) is 5.76 Å². The van der Waals surface area contributed by atoms with Gasteiger partial charge in [0.2, 0.25) is 0 Å². The van der Waals surface area contributed by atoms with Crippen LogP contribution in [0.4, 0.5) is 18.0 Å². The first-order valence-electron chi connectivity index (χ1n) is 7.20. The second kappa shape index (κ2) is 6.17. The van der Waals surface area contributed by atoms with Gasteiger partial charge in [0.15, 0.2) is 0 Å². The molecule has 0 bridgehead atoms. The van der Waals surface area contributed by atoms with E-state index in [1.165, 1.54) is 42.9 Å². The van der Waals surface area contributed by atoms with Crippen LogP contribution >= 0.6 is 0 Å². The van der Waals surface area contributed by atoms with E-state index in [0.717, 1.165) is 0 Å². The maximum Gasteiger partial charge on any atom is 0.440 e. The van der Waals surface area contributed by atoms with Gasteiger partial charge in [-0.25, -0.2) is 4.79 Å². The summed E-state index contributed by atoms with van der Waals surface area (Å²) < 4.78 is 45.9. The first kappa shape index (κ1) is 17.5. The summed E-state index contributed by atoms with van der Waals surface area (Å²) in [6, 6.07) is 3.88. The Labute approximate surface area is 144 Å². The van der Waals surface area contributed by atoms with E-state index in [-0.39, 0.29) is 11.3 Å². The Balaban J connectivity index is 1.92. The van der Waals surface area contributed by atoms with Crippen LogP contribution in [0.2, 0.25) is 0 Å². The molecular weight excluding hydrogens is 357 g/mol. The van der Waals surface area contributed by atoms with Gasteiger partial charge in [-0.15, -0.1) is 0 Å². The highest BCUT2D eigenvalue weighted by atomic mass is 19.4. The lowest BCUT2D eigenvalue weighted by atomic mass is 10.1. The summed E-state index contributed by atoms with van der Waals surface area (Å²) in [6.07, 6.45) is -1.63. The molecule has 2 N–H and O–H groups in total. The molecule has 1 aliphatic heterocycles. The van der Waals surface area contributed by atoms with Crippen LogP contribution in [0, 0.1) is 0 Å². The molecule has 3 heterocycles. The molecule has 1 saturated heterocycles. The number of nitrogens with one attached hydrogen (secondary N) is 2. The molecule has 26 heavy (non-hydrogen) atoms. The Morgan fingerprint density at radius 2 is 1.96 bits per heavy atom. The molecular formula is C15H11F3N4O4. The number of alkyl halides is 3. The molecule has 0 aromatic carbocycles. The molecule has 3 rings (SSSR count). The van der Waals surface area contributed by atoms with Crippen LogP contribution in [0.15, 0.2) is 47.3 Å². The smallest absolute Gasteiger partial charge is 0.440 e. The molecule has 0 saturated carbocycles. The maximum absolute atomic E-state index is 13.7. The van der Waals surface area contributed by atoms with E-state index in [0.29, 0.717) is 4.90 Å². The van der Waals surface area contributed by atoms with E-state index >= 15 is 0 Å². The third-order valence-electron chi connectivity index (χ3n) is 3.67. The minimum atomic E-state index is -5.28. The van der Waals surface area contributed by atoms with Gasteiger partial charge in [-0.2, -0.15) is 13.2 Å². The van der Waals surface area contributed by atoms with Crippen molar-refractivity contribution in [1.29, 1.82) is 0 Å². The number of urea groups is 1. The van der Waals surface area contributed by atoms with Crippen molar-refractivity contribution in [2.75, 3.05) is 0 Å². The van der Waals surface area contributed by atoms with Crippen molar-refractivity contribution in [1.82, 2.24) is 20.5 Å². The standard InChI is InChI=1S/C15H11F3N4O4/c16-15(17,18)14(20-11(23)9-3-5-19-6-4-9)12(24)22(13(25)21-14)8-10-2-1-7-26-10/h1-7H,8H2,(H,20,23)(H,21,25)/t14-/m0/s1. The normalized spacial score (nSPS) is 20.2. The van der Waals surface area contributed by atoms with Crippen molar-refractivity contribution in [2.24, 2.45) is 0 Å². The van der Waals surface area contributed by atoms with Crippen LogP contribution in [0.25, 0.3) is 0 Å². The highest BCUT2D eigenvalue weighted by Gasteiger charge is 2.68. The van der Waals surface area contributed by atoms with Crippen molar-refractivity contribution in [2.45, 2.75) is 18.4 Å². The lowest BCUT2D eigenvalue weighted by molar-refractivity contribution is -0.200. The quantitative estimate of drug-likeness (QED) is 0.794. The molecule has 4 amide bonds. The third-order valence-corrected chi connectivity index (χ3v) is 3.67. The molecule has 0 aliphatic carbocycles. The predicted molar refractivity (Wildman–Crippen MR) is 78.3 cm³/mol. The molecule has 136 valence electrons. The highest BCUT2D eigenvalue weighted by Crippen LogP contribution is 2.34. The number of hydrogen-bond donors (Lipinski definition) is 2. The summed E-state index contributed by atoms with van der Waals surface area (Å²) in [5, 5.41) is 3.14. The number of aromatic nitrogens is 1. The van der Waals surface area contributed by atoms with E-state index in [2.05, 4.69) is 4.98 Å². The number of furan rings is 1. The largest absolute Gasteiger partial charge is 0.467 e. The Hall–Kier alpha value is -3.37. The van der Waals surface area contributed by atoms with Gasteiger partial charge in [-0.05, 0) is 24.3 Å². The average Bonchev–Trinajstić information content (AvgIpc) is 3.18. The zero-order valence-corrected chi connectivity index (χ0v) is 12.9. The van der Waals surface area contributed by atoms with Gasteiger partial charge < -0.3 is 9.73 Å². The number of amides is 4. The number of hydrogen-bond acceptors (Lipinski definition) is 5. The van der Waals surface area contributed by atoms with Gasteiger partial charge in [-0.1, -0.05) is 0 Å². The maximum atomic E-state index is 13.7. The van der Waals surface area contributed by atoms with Gasteiger partial charge in [0, 0.05) is 18.0 Å². The van der Waals surface area contributed by atoms with Crippen LogP contribution in [-0.2, 0) is 11.3 Å². The van der Waals surface area contributed by atoms with Gasteiger partial charge in [0.05, 0.1) is 12.8 Å². The highest BCUT2D eigenvalue weighted by molar-refractivity contribution is 6.10. The summed E-state index contributed by atoms with van der Waals surface area (Å²) in [7, 11) is 0. The lowest BCUT2D eigenvalue weighted by Crippen LogP contribution is -2.69. The number of pyridine rings is 1. The predicted octanol–water partition coefficient (Wildman–Crippen LogP) is 1.42. The number of imide groups is 1. The van der Waals surface area contributed by atoms with E-state index in [9.17, 15) is 27.6 Å². The number of nitrogens with zero attached hydrogens (tertiary/aromatic N) is 2. The van der Waals surface area contributed by atoms with Crippen molar-refractivity contribution in [3.05, 3.63) is 54.2 Å². The van der Waals surface area contributed by atoms with Crippen LogP contribution < -0.4 is 10.6 Å². The molecule has 0 spiro atoms. The monoisotopic (exact) mass is 368 g/mol. The fourth-order valence-electron chi connectivity index (χ4n) is 2.37. The Morgan fingerprint density at radius 3 is 2.54 bits per heavy atom. The van der Waals surface area contributed by atoms with Crippen molar-refractivity contribution in [3.63, 3.8) is 0 Å². The summed E-state index contributed by atoms with van der Waals surface area (Å²) in [4.78, 5) is 40.5. The van der Waals surface area contributed by atoms with Crippen LogP contribution in [0.3, 0.4) is 0 Å². The Morgan fingerprint density at radius 1 is 1.27 bits per heavy atom. The minimum absolute atomic E-state index is 0.104. The Bertz CT molecular complexity index is 838. The van der Waals surface area contributed by atoms with Gasteiger partial charge in [-0.3, -0.25) is 24.8 Å². The molecule has 2 aromatic heterocycles. The van der Waals surface area contributed by atoms with E-state index in [1.54, 1.807) is 10.6 Å². The van der Waals surface area contributed by atoms with Gasteiger partial charge in [0.25, 0.3) is 17.5 Å². The van der Waals surface area contributed by atoms with Gasteiger partial charge >= 0.3 is 12.2 Å². The molecule has 1 aliphatic rings. The van der Waals surface area contributed by atoms with Crippen molar-refractivity contribution < 1.29 is 32.0 Å².